The molecule has 7 nitrogen and oxygen atoms in total. The van der Waals surface area contributed by atoms with Gasteiger partial charge in [-0.1, -0.05) is 18.2 Å². The number of aliphatic hydroxyl groups is 4. The molecule has 24 heavy (non-hydrogen) atoms. The summed E-state index contributed by atoms with van der Waals surface area (Å²) in [5.74, 6) is -1.70. The Morgan fingerprint density at radius 1 is 1.08 bits per heavy atom. The maximum Gasteiger partial charge on any atom is 0.468 e. The van der Waals surface area contributed by atoms with E-state index in [0.29, 0.717) is 0 Å². The molecule has 1 aliphatic rings. The summed E-state index contributed by atoms with van der Waals surface area (Å²) in [6.45, 7) is -0.790. The standard InChI is InChI=1S/C14H16F3NO6/c15-14(16,17)13(18-7-4-2-1-3-5-7)24-12-11(22)10(21)9(20)8(6-19)23-12/h1-5,8-12,19-22H,6H2/t8-,9-,10-,11+,12?/m0/s1. The summed E-state index contributed by atoms with van der Waals surface area (Å²) in [6, 6.07) is 7.15. The molecule has 1 aromatic carbocycles. The summed E-state index contributed by atoms with van der Waals surface area (Å²) in [7, 11) is 0. The first kappa shape index (κ1) is 18.6. The molecule has 4 N–H and O–H groups in total. The molecule has 0 bridgehead atoms. The van der Waals surface area contributed by atoms with Gasteiger partial charge < -0.3 is 29.9 Å². The van der Waals surface area contributed by atoms with Gasteiger partial charge in [-0.3, -0.25) is 0 Å². The van der Waals surface area contributed by atoms with Gasteiger partial charge in [-0.05, 0) is 12.1 Å². The molecule has 0 spiro atoms. The third-order valence-corrected chi connectivity index (χ3v) is 3.31. The van der Waals surface area contributed by atoms with Crippen LogP contribution in [0, 0.1) is 0 Å². The largest absolute Gasteiger partial charge is 0.468 e. The van der Waals surface area contributed by atoms with Gasteiger partial charge in [0.15, 0.2) is 0 Å². The lowest BCUT2D eigenvalue weighted by atomic mass is 9.99. The lowest BCUT2D eigenvalue weighted by Crippen LogP contribution is -2.59. The Hall–Kier alpha value is -1.72. The summed E-state index contributed by atoms with van der Waals surface area (Å²) in [4.78, 5) is 3.33. The summed E-state index contributed by atoms with van der Waals surface area (Å²) in [5.41, 5.74) is -0.0468. The number of hydrogen-bond donors (Lipinski definition) is 4. The number of rotatable bonds is 3. The van der Waals surface area contributed by atoms with Crippen LogP contribution >= 0.6 is 0 Å². The summed E-state index contributed by atoms with van der Waals surface area (Å²) >= 11 is 0. The zero-order valence-electron chi connectivity index (χ0n) is 12.2. The van der Waals surface area contributed by atoms with Crippen LogP contribution in [0.4, 0.5) is 18.9 Å². The predicted octanol–water partition coefficient (Wildman–Crippen LogP) is 0.0954. The Balaban J connectivity index is 2.25. The van der Waals surface area contributed by atoms with Gasteiger partial charge in [0, 0.05) is 0 Å². The van der Waals surface area contributed by atoms with E-state index in [4.69, 9.17) is 9.84 Å². The minimum atomic E-state index is -4.99. The molecule has 0 saturated carbocycles. The van der Waals surface area contributed by atoms with Crippen molar-refractivity contribution in [3.63, 3.8) is 0 Å². The maximum atomic E-state index is 13.1. The Labute approximate surface area is 134 Å². The van der Waals surface area contributed by atoms with Crippen LogP contribution in [-0.4, -0.2) is 69.8 Å². The molecule has 2 rings (SSSR count). The summed E-state index contributed by atoms with van der Waals surface area (Å²) in [5, 5.41) is 37.9. The van der Waals surface area contributed by atoms with Crippen LogP contribution in [0.5, 0.6) is 0 Å². The lowest BCUT2D eigenvalue weighted by Gasteiger charge is -2.39. The molecule has 1 heterocycles. The second kappa shape index (κ2) is 7.45. The van der Waals surface area contributed by atoms with Crippen molar-refractivity contribution < 1.29 is 43.1 Å². The fourth-order valence-electron chi connectivity index (χ4n) is 2.05. The lowest BCUT2D eigenvalue weighted by molar-refractivity contribution is -0.285. The van der Waals surface area contributed by atoms with Gasteiger partial charge in [0.1, 0.15) is 24.4 Å². The van der Waals surface area contributed by atoms with Crippen molar-refractivity contribution in [3.8, 4) is 0 Å². The van der Waals surface area contributed by atoms with E-state index < -0.39 is 49.4 Å². The topological polar surface area (TPSA) is 112 Å². The van der Waals surface area contributed by atoms with Crippen LogP contribution in [0.1, 0.15) is 0 Å². The van der Waals surface area contributed by atoms with Gasteiger partial charge >= 0.3 is 6.18 Å². The zero-order chi connectivity index (χ0) is 17.9. The Morgan fingerprint density at radius 3 is 2.25 bits per heavy atom. The molecule has 1 fully saturated rings. The maximum absolute atomic E-state index is 13.1. The molecular formula is C14H16F3NO6. The molecule has 134 valence electrons. The highest BCUT2D eigenvalue weighted by molar-refractivity contribution is 5.84. The molecule has 0 radical (unpaired) electrons. The monoisotopic (exact) mass is 351 g/mol. The smallest absolute Gasteiger partial charge is 0.441 e. The van der Waals surface area contributed by atoms with Crippen LogP contribution in [0.25, 0.3) is 0 Å². The molecule has 5 atom stereocenters. The minimum absolute atomic E-state index is 0.0468. The van der Waals surface area contributed by atoms with Gasteiger partial charge in [0.25, 0.3) is 5.90 Å². The second-order valence-electron chi connectivity index (χ2n) is 5.07. The van der Waals surface area contributed by atoms with Crippen molar-refractivity contribution in [2.45, 2.75) is 36.9 Å². The molecule has 10 heteroatoms. The SMILES string of the molecule is OC[C@@H]1OC(OC(=Nc2ccccc2)C(F)(F)F)[C@H](O)[C@@H](O)[C@H]1O. The number of ether oxygens (including phenoxy) is 2. The normalized spacial score (nSPS) is 31.8. The highest BCUT2D eigenvalue weighted by Crippen LogP contribution is 2.27. The average molecular weight is 351 g/mol. The van der Waals surface area contributed by atoms with Crippen molar-refractivity contribution >= 4 is 11.6 Å². The van der Waals surface area contributed by atoms with Crippen molar-refractivity contribution in [2.24, 2.45) is 4.99 Å². The van der Waals surface area contributed by atoms with Gasteiger partial charge in [0.05, 0.1) is 12.3 Å². The average Bonchev–Trinajstić information content (AvgIpc) is 2.54. The first-order valence-corrected chi connectivity index (χ1v) is 6.92. The number of benzene rings is 1. The van der Waals surface area contributed by atoms with Crippen molar-refractivity contribution in [1.82, 2.24) is 0 Å². The van der Waals surface area contributed by atoms with Crippen LogP contribution in [0.15, 0.2) is 35.3 Å². The number of nitrogens with zero attached hydrogens (tertiary/aromatic N) is 1. The van der Waals surface area contributed by atoms with Gasteiger partial charge in [-0.2, -0.15) is 13.2 Å². The number of para-hydroxylation sites is 1. The molecule has 0 amide bonds. The number of hydrogen-bond acceptors (Lipinski definition) is 7. The molecular weight excluding hydrogens is 335 g/mol. The first-order valence-electron chi connectivity index (χ1n) is 6.92. The molecule has 1 saturated heterocycles. The van der Waals surface area contributed by atoms with Gasteiger partial charge in [-0.15, -0.1) is 0 Å². The second-order valence-corrected chi connectivity index (χ2v) is 5.07. The van der Waals surface area contributed by atoms with E-state index in [1.165, 1.54) is 24.3 Å². The molecule has 0 aromatic heterocycles. The van der Waals surface area contributed by atoms with Crippen LogP contribution < -0.4 is 0 Å². The van der Waals surface area contributed by atoms with E-state index in [0.717, 1.165) is 0 Å². The quantitative estimate of drug-likeness (QED) is 0.454. The number of aliphatic hydroxyl groups excluding tert-OH is 4. The van der Waals surface area contributed by atoms with E-state index in [1.54, 1.807) is 6.07 Å². The minimum Gasteiger partial charge on any atom is -0.441 e. The van der Waals surface area contributed by atoms with E-state index >= 15 is 0 Å². The number of halogens is 3. The van der Waals surface area contributed by atoms with Crippen LogP contribution in [0.2, 0.25) is 0 Å². The van der Waals surface area contributed by atoms with Crippen LogP contribution in [-0.2, 0) is 9.47 Å². The van der Waals surface area contributed by atoms with E-state index in [2.05, 4.69) is 9.73 Å². The van der Waals surface area contributed by atoms with Crippen molar-refractivity contribution in [1.29, 1.82) is 0 Å². The first-order chi connectivity index (χ1) is 11.2. The van der Waals surface area contributed by atoms with Crippen molar-refractivity contribution in [2.75, 3.05) is 6.61 Å². The summed E-state index contributed by atoms with van der Waals surface area (Å²) < 4.78 is 48.7. The van der Waals surface area contributed by atoms with Crippen molar-refractivity contribution in [3.05, 3.63) is 30.3 Å². The Kier molecular flexibility index (Phi) is 5.78. The third kappa shape index (κ3) is 4.22. The van der Waals surface area contributed by atoms with Gasteiger partial charge in [0.2, 0.25) is 6.29 Å². The van der Waals surface area contributed by atoms with Gasteiger partial charge in [-0.25, -0.2) is 4.99 Å². The molecule has 1 unspecified atom stereocenters. The third-order valence-electron chi connectivity index (χ3n) is 3.31. The van der Waals surface area contributed by atoms with E-state index in [9.17, 15) is 28.5 Å². The fraction of sp³-hybridized carbons (Fsp3) is 0.500. The molecule has 1 aromatic rings. The highest BCUT2D eigenvalue weighted by atomic mass is 19.4. The van der Waals surface area contributed by atoms with E-state index in [1.807, 2.05) is 0 Å². The molecule has 0 aliphatic carbocycles. The number of alkyl halides is 3. The predicted molar refractivity (Wildman–Crippen MR) is 74.4 cm³/mol. The molecule has 1 aliphatic heterocycles. The zero-order valence-corrected chi connectivity index (χ0v) is 12.2. The highest BCUT2D eigenvalue weighted by Gasteiger charge is 2.48. The number of aliphatic imine (C=N–C) groups is 1. The fourth-order valence-corrected chi connectivity index (χ4v) is 2.05. The van der Waals surface area contributed by atoms with Crippen LogP contribution in [0.3, 0.4) is 0 Å². The summed E-state index contributed by atoms with van der Waals surface area (Å²) in [6.07, 6.45) is -13.9. The Bertz CT molecular complexity index is 565. The van der Waals surface area contributed by atoms with E-state index in [-0.39, 0.29) is 5.69 Å². The Morgan fingerprint density at radius 2 is 1.71 bits per heavy atom.